The Morgan fingerprint density at radius 2 is 0.852 bits per heavy atom. The third-order valence-electron chi connectivity index (χ3n) is 11.4. The lowest BCUT2D eigenvalue weighted by Gasteiger charge is -2.24. The van der Waals surface area contributed by atoms with Crippen molar-refractivity contribution in [1.82, 2.24) is 9.80 Å². The fraction of sp³-hybridized carbons (Fsp3) is 0.391. The molecule has 4 aliphatic rings. The van der Waals surface area contributed by atoms with Crippen molar-refractivity contribution in [3.63, 3.8) is 0 Å². The number of carbonyl (C=O) groups is 2. The molecule has 0 aromatic heterocycles. The average Bonchev–Trinajstić information content (AvgIpc) is 4.03. The summed E-state index contributed by atoms with van der Waals surface area (Å²) < 4.78 is 0. The lowest BCUT2D eigenvalue weighted by molar-refractivity contribution is -0.159. The molecule has 8 heteroatoms. The van der Waals surface area contributed by atoms with E-state index in [0.29, 0.717) is 11.8 Å². The van der Waals surface area contributed by atoms with Crippen LogP contribution < -0.4 is 0 Å². The summed E-state index contributed by atoms with van der Waals surface area (Å²) in [5, 5.41) is 14.8. The zero-order valence-electron chi connectivity index (χ0n) is 31.7. The molecule has 282 valence electrons. The predicted molar refractivity (Wildman–Crippen MR) is 216 cm³/mol. The van der Waals surface area contributed by atoms with Gasteiger partial charge in [-0.15, -0.1) is 0 Å². The Kier molecular flexibility index (Phi) is 12.6. The van der Waals surface area contributed by atoms with Crippen LogP contribution in [0.4, 0.5) is 0 Å². The van der Waals surface area contributed by atoms with Crippen LogP contribution in [0.3, 0.4) is 0 Å². The molecule has 2 atom stereocenters. The smallest absolute Gasteiger partial charge is 0.414 e. The van der Waals surface area contributed by atoms with Crippen LogP contribution >= 0.6 is 0 Å². The molecular formula is C46H54N4O4. The molecule has 4 aromatic rings. The van der Waals surface area contributed by atoms with Crippen LogP contribution in [0.15, 0.2) is 131 Å². The quantitative estimate of drug-likeness (QED) is 0.143. The van der Waals surface area contributed by atoms with Gasteiger partial charge in [-0.3, -0.25) is 9.98 Å². The second-order valence-electron chi connectivity index (χ2n) is 14.7. The first-order valence-electron chi connectivity index (χ1n) is 19.6. The van der Waals surface area contributed by atoms with E-state index in [4.69, 9.17) is 29.8 Å². The second kappa shape index (κ2) is 17.7. The molecule has 2 saturated carbocycles. The summed E-state index contributed by atoms with van der Waals surface area (Å²) in [6, 6.07) is 44.1. The average molecular weight is 727 g/mol. The molecule has 2 unspecified atom stereocenters. The molecule has 0 amide bonds. The van der Waals surface area contributed by atoms with E-state index in [1.807, 2.05) is 0 Å². The van der Waals surface area contributed by atoms with Crippen LogP contribution in [0.2, 0.25) is 0 Å². The fourth-order valence-electron chi connectivity index (χ4n) is 8.51. The molecule has 8 rings (SSSR count). The highest BCUT2D eigenvalue weighted by Crippen LogP contribution is 2.61. The summed E-state index contributed by atoms with van der Waals surface area (Å²) in [5.74, 6) is 0.126. The number of unbranched alkanes of at least 4 members (excludes halogenated alkanes) is 2. The van der Waals surface area contributed by atoms with Crippen LogP contribution in [0.1, 0.15) is 74.6 Å². The summed E-state index contributed by atoms with van der Waals surface area (Å²) in [4.78, 5) is 33.1. The number of amidine groups is 2. The zero-order chi connectivity index (χ0) is 38.0. The van der Waals surface area contributed by atoms with Crippen LogP contribution in [-0.4, -0.2) is 82.9 Å². The van der Waals surface area contributed by atoms with Gasteiger partial charge in [0.15, 0.2) is 0 Å². The molecule has 2 aliphatic carbocycles. The first-order valence-corrected chi connectivity index (χ1v) is 19.6. The van der Waals surface area contributed by atoms with Gasteiger partial charge in [-0.2, -0.15) is 0 Å². The number of hydrogen-bond donors (Lipinski definition) is 2. The van der Waals surface area contributed by atoms with Crippen molar-refractivity contribution in [2.75, 3.05) is 39.3 Å². The van der Waals surface area contributed by atoms with Gasteiger partial charge in [0.25, 0.3) is 0 Å². The minimum atomic E-state index is -1.82. The van der Waals surface area contributed by atoms with Gasteiger partial charge in [-0.05, 0) is 47.9 Å². The normalized spacial score (nSPS) is 20.0. The predicted octanol–water partition coefficient (Wildman–Crippen LogP) is 8.17. The summed E-state index contributed by atoms with van der Waals surface area (Å²) in [6.07, 6.45) is 7.38. The monoisotopic (exact) mass is 726 g/mol. The van der Waals surface area contributed by atoms with Gasteiger partial charge < -0.3 is 20.0 Å². The molecule has 8 nitrogen and oxygen atoms in total. The molecule has 2 fully saturated rings. The van der Waals surface area contributed by atoms with E-state index in [-0.39, 0.29) is 10.8 Å². The molecule has 0 saturated heterocycles. The third kappa shape index (κ3) is 8.28. The number of aliphatic imine (C=N–C) groups is 2. The van der Waals surface area contributed by atoms with Gasteiger partial charge in [0.2, 0.25) is 0 Å². The molecule has 2 aliphatic heterocycles. The van der Waals surface area contributed by atoms with Crippen molar-refractivity contribution in [2.45, 2.75) is 63.2 Å². The highest BCUT2D eigenvalue weighted by atomic mass is 16.4. The van der Waals surface area contributed by atoms with Gasteiger partial charge >= 0.3 is 11.9 Å². The standard InChI is InChI=1S/2C22H26N2.C2H2O4/c2*1-2-3-15-24-16-14-23-21(24)20-17-22(20,18-10-6-4-7-11-18)19-12-8-5-9-13-19;3-1(4)2(5)6/h2*4-13,20H,2-3,14-17H2,1H3;(H,3,4)(H,5,6). The Morgan fingerprint density at radius 1 is 0.556 bits per heavy atom. The van der Waals surface area contributed by atoms with Gasteiger partial charge in [0.05, 0.1) is 13.1 Å². The van der Waals surface area contributed by atoms with Crippen molar-refractivity contribution >= 4 is 23.6 Å². The highest BCUT2D eigenvalue weighted by molar-refractivity contribution is 6.27. The number of carboxylic acid groups (broad SMARTS) is 2. The summed E-state index contributed by atoms with van der Waals surface area (Å²) in [7, 11) is 0. The molecular weight excluding hydrogens is 673 g/mol. The van der Waals surface area contributed by atoms with Crippen molar-refractivity contribution in [2.24, 2.45) is 21.8 Å². The van der Waals surface area contributed by atoms with Gasteiger partial charge in [-0.25, -0.2) is 9.59 Å². The Balaban J connectivity index is 0.000000160. The number of nitrogens with zero attached hydrogens (tertiary/aromatic N) is 4. The van der Waals surface area contributed by atoms with E-state index < -0.39 is 11.9 Å². The molecule has 2 N–H and O–H groups in total. The lowest BCUT2D eigenvalue weighted by Crippen LogP contribution is -2.32. The van der Waals surface area contributed by atoms with E-state index in [0.717, 1.165) is 39.3 Å². The van der Waals surface area contributed by atoms with E-state index in [2.05, 4.69) is 145 Å². The van der Waals surface area contributed by atoms with Gasteiger partial charge in [0, 0.05) is 48.8 Å². The number of carboxylic acids is 2. The Morgan fingerprint density at radius 3 is 1.11 bits per heavy atom. The maximum absolute atomic E-state index is 9.10. The van der Waals surface area contributed by atoms with E-state index in [1.54, 1.807) is 0 Å². The van der Waals surface area contributed by atoms with Crippen molar-refractivity contribution in [3.05, 3.63) is 144 Å². The first kappa shape index (κ1) is 38.5. The first-order chi connectivity index (χ1) is 26.4. The number of aliphatic carboxylic acids is 2. The SMILES string of the molecule is CCCCN1CCN=C1C1CC1(c1ccccc1)c1ccccc1.CCCCN1CCN=C1C1CC1(c1ccccc1)c1ccccc1.O=C(O)C(=O)O. The summed E-state index contributed by atoms with van der Waals surface area (Å²) in [6.45, 7) is 11.0. The Labute approximate surface area is 320 Å². The van der Waals surface area contributed by atoms with Crippen LogP contribution in [0.5, 0.6) is 0 Å². The van der Waals surface area contributed by atoms with Crippen LogP contribution in [-0.2, 0) is 20.4 Å². The lowest BCUT2D eigenvalue weighted by atomic mass is 9.85. The summed E-state index contributed by atoms with van der Waals surface area (Å²) >= 11 is 0. The van der Waals surface area contributed by atoms with Crippen LogP contribution in [0.25, 0.3) is 0 Å². The molecule has 0 bridgehead atoms. The maximum Gasteiger partial charge on any atom is 0.414 e. The number of hydrogen-bond acceptors (Lipinski definition) is 6. The van der Waals surface area contributed by atoms with Gasteiger partial charge in [0.1, 0.15) is 11.7 Å². The Hall–Kier alpha value is -5.24. The summed E-state index contributed by atoms with van der Waals surface area (Å²) in [5.41, 5.74) is 5.99. The number of rotatable bonds is 12. The highest BCUT2D eigenvalue weighted by Gasteiger charge is 2.61. The molecule has 0 spiro atoms. The molecule has 0 radical (unpaired) electrons. The van der Waals surface area contributed by atoms with E-state index in [9.17, 15) is 0 Å². The van der Waals surface area contributed by atoms with Gasteiger partial charge in [-0.1, -0.05) is 148 Å². The molecule has 2 heterocycles. The minimum Gasteiger partial charge on any atom is -0.473 e. The van der Waals surface area contributed by atoms with Crippen molar-refractivity contribution in [1.29, 1.82) is 0 Å². The van der Waals surface area contributed by atoms with Crippen molar-refractivity contribution in [3.8, 4) is 0 Å². The second-order valence-corrected chi connectivity index (χ2v) is 14.7. The largest absolute Gasteiger partial charge is 0.473 e. The molecule has 54 heavy (non-hydrogen) atoms. The van der Waals surface area contributed by atoms with E-state index >= 15 is 0 Å². The maximum atomic E-state index is 9.10. The van der Waals surface area contributed by atoms with E-state index in [1.165, 1.54) is 72.4 Å². The molecule has 4 aromatic carbocycles. The number of benzene rings is 4. The topological polar surface area (TPSA) is 106 Å². The third-order valence-corrected chi connectivity index (χ3v) is 11.4. The zero-order valence-corrected chi connectivity index (χ0v) is 31.7. The Bertz CT molecular complexity index is 1660. The van der Waals surface area contributed by atoms with Crippen LogP contribution in [0, 0.1) is 11.8 Å². The minimum absolute atomic E-state index is 0.121. The fourth-order valence-corrected chi connectivity index (χ4v) is 8.51. The van der Waals surface area contributed by atoms with Crippen molar-refractivity contribution < 1.29 is 19.8 Å².